The molecule has 0 bridgehead atoms. The zero-order valence-electron chi connectivity index (χ0n) is 16.3. The van der Waals surface area contributed by atoms with Crippen LogP contribution in [0.3, 0.4) is 0 Å². The molecular weight excluding hydrogens is 352 g/mol. The fourth-order valence-corrected chi connectivity index (χ4v) is 4.15. The van der Waals surface area contributed by atoms with Crippen LogP contribution >= 0.6 is 0 Å². The molecule has 1 saturated carbocycles. The lowest BCUT2D eigenvalue weighted by molar-refractivity contribution is -0.445. The van der Waals surface area contributed by atoms with E-state index in [9.17, 15) is 9.90 Å². The van der Waals surface area contributed by atoms with Gasteiger partial charge in [-0.15, -0.1) is 0 Å². The zero-order valence-corrected chi connectivity index (χ0v) is 16.3. The van der Waals surface area contributed by atoms with Gasteiger partial charge in [-0.05, 0) is 42.9 Å². The van der Waals surface area contributed by atoms with Gasteiger partial charge in [0.2, 0.25) is 5.91 Å². The molecule has 3 atom stereocenters. The summed E-state index contributed by atoms with van der Waals surface area (Å²) in [6, 6.07) is 5.77. The molecule has 27 heavy (non-hydrogen) atoms. The Kier molecular flexibility index (Phi) is 6.64. The number of rotatable bonds is 5. The Balaban J connectivity index is 0.000000596. The van der Waals surface area contributed by atoms with Crippen molar-refractivity contribution < 1.29 is 24.3 Å². The van der Waals surface area contributed by atoms with E-state index in [1.165, 1.54) is 0 Å². The Labute approximate surface area is 159 Å². The first kappa shape index (κ1) is 21.0. The first-order chi connectivity index (χ1) is 12.7. The number of carbonyl (C=O) groups is 1. The molecule has 1 heterocycles. The third-order valence-electron chi connectivity index (χ3n) is 5.25. The van der Waals surface area contributed by atoms with Crippen LogP contribution in [0.1, 0.15) is 31.7 Å². The molecule has 0 spiro atoms. The van der Waals surface area contributed by atoms with Crippen LogP contribution in [0.25, 0.3) is 0 Å². The molecule has 3 rings (SSSR count). The lowest BCUT2D eigenvalue weighted by Gasteiger charge is -2.34. The van der Waals surface area contributed by atoms with Crippen LogP contribution in [0.15, 0.2) is 18.2 Å². The van der Waals surface area contributed by atoms with Crippen molar-refractivity contribution in [1.82, 2.24) is 4.90 Å². The highest BCUT2D eigenvalue weighted by atomic mass is 16.6. The van der Waals surface area contributed by atoms with Crippen molar-refractivity contribution in [3.05, 3.63) is 33.9 Å². The first-order valence-corrected chi connectivity index (χ1v) is 9.03. The molecule has 1 aliphatic carbocycles. The van der Waals surface area contributed by atoms with E-state index in [1.54, 1.807) is 19.1 Å². The third-order valence-corrected chi connectivity index (χ3v) is 5.25. The van der Waals surface area contributed by atoms with Crippen molar-refractivity contribution in [2.75, 3.05) is 27.8 Å². The van der Waals surface area contributed by atoms with E-state index in [2.05, 4.69) is 6.92 Å². The third kappa shape index (κ3) is 4.68. The highest BCUT2D eigenvalue weighted by Gasteiger charge is 2.55. The minimum absolute atomic E-state index is 0.0740. The number of amides is 1. The molecule has 1 N–H and O–H groups in total. The van der Waals surface area contributed by atoms with Crippen molar-refractivity contribution in [2.24, 2.45) is 11.8 Å². The number of carbonyl (C=O) groups excluding carboxylic acids is 1. The normalized spacial score (nSPS) is 26.3. The van der Waals surface area contributed by atoms with Crippen LogP contribution in [0.5, 0.6) is 11.5 Å². The second kappa shape index (κ2) is 8.56. The smallest absolute Gasteiger partial charge is 0.225 e. The van der Waals surface area contributed by atoms with E-state index in [0.717, 1.165) is 19.0 Å². The molecule has 1 amide bonds. The number of hydrogen-bond acceptors (Lipinski definition) is 6. The number of fused-ring (bicyclic) bond motifs is 1. The van der Waals surface area contributed by atoms with Crippen LogP contribution in [0.4, 0.5) is 0 Å². The van der Waals surface area contributed by atoms with Gasteiger partial charge >= 0.3 is 0 Å². The van der Waals surface area contributed by atoms with E-state index >= 15 is 0 Å². The lowest BCUT2D eigenvalue weighted by Crippen LogP contribution is -2.47. The monoisotopic (exact) mass is 380 g/mol. The number of methoxy groups -OCH3 is 2. The predicted molar refractivity (Wildman–Crippen MR) is 99.3 cm³/mol. The second-order valence-electron chi connectivity index (χ2n) is 7.25. The molecule has 1 aromatic rings. The summed E-state index contributed by atoms with van der Waals surface area (Å²) in [5, 5.41) is 19.8. The molecule has 0 aromatic heterocycles. The SMILES string of the molecule is COc1ccc(CCN2C(=O)CC3CC(C)CC32O)cc1OC.C[N+](=O)[O-]. The maximum absolute atomic E-state index is 12.3. The van der Waals surface area contributed by atoms with Crippen LogP contribution < -0.4 is 9.47 Å². The van der Waals surface area contributed by atoms with Gasteiger partial charge in [0.05, 0.1) is 14.2 Å². The van der Waals surface area contributed by atoms with Crippen molar-refractivity contribution in [2.45, 2.75) is 38.3 Å². The fourth-order valence-electron chi connectivity index (χ4n) is 4.15. The van der Waals surface area contributed by atoms with E-state index < -0.39 is 10.6 Å². The first-order valence-electron chi connectivity index (χ1n) is 9.03. The molecule has 8 heteroatoms. The number of benzene rings is 1. The van der Waals surface area contributed by atoms with Gasteiger partial charge in [0.25, 0.3) is 0 Å². The fraction of sp³-hybridized carbons (Fsp3) is 0.632. The zero-order chi connectivity index (χ0) is 20.2. The van der Waals surface area contributed by atoms with Gasteiger partial charge in [0.15, 0.2) is 18.5 Å². The molecule has 150 valence electrons. The van der Waals surface area contributed by atoms with Gasteiger partial charge in [-0.25, -0.2) is 0 Å². The molecule has 1 aliphatic heterocycles. The summed E-state index contributed by atoms with van der Waals surface area (Å²) in [5.41, 5.74) is 0.126. The van der Waals surface area contributed by atoms with Crippen LogP contribution in [0, 0.1) is 22.0 Å². The molecule has 0 radical (unpaired) electrons. The van der Waals surface area contributed by atoms with Crippen molar-refractivity contribution >= 4 is 5.91 Å². The molecule has 2 fully saturated rings. The average molecular weight is 380 g/mol. The van der Waals surface area contributed by atoms with Crippen LogP contribution in [-0.4, -0.2) is 54.4 Å². The molecule has 1 saturated heterocycles. The van der Waals surface area contributed by atoms with Gasteiger partial charge in [0, 0.05) is 23.8 Å². The Morgan fingerprint density at radius 1 is 1.33 bits per heavy atom. The Morgan fingerprint density at radius 3 is 2.56 bits per heavy atom. The summed E-state index contributed by atoms with van der Waals surface area (Å²) in [7, 11) is 4.11. The quantitative estimate of drug-likeness (QED) is 0.620. The lowest BCUT2D eigenvalue weighted by atomic mass is 10.0. The largest absolute Gasteiger partial charge is 0.493 e. The summed E-state index contributed by atoms with van der Waals surface area (Å²) < 4.78 is 10.6. The summed E-state index contributed by atoms with van der Waals surface area (Å²) in [6.45, 7) is 2.68. The Morgan fingerprint density at radius 2 is 1.96 bits per heavy atom. The minimum atomic E-state index is -0.937. The molecule has 1 aromatic carbocycles. The summed E-state index contributed by atoms with van der Waals surface area (Å²) in [6.07, 6.45) is 2.80. The number of aliphatic hydroxyl groups is 1. The van der Waals surface area contributed by atoms with E-state index in [0.29, 0.717) is 43.2 Å². The molecule has 3 unspecified atom stereocenters. The van der Waals surface area contributed by atoms with Gasteiger partial charge in [0.1, 0.15) is 5.72 Å². The minimum Gasteiger partial charge on any atom is -0.493 e. The molecule has 8 nitrogen and oxygen atoms in total. The highest BCUT2D eigenvalue weighted by molar-refractivity contribution is 5.80. The van der Waals surface area contributed by atoms with E-state index in [4.69, 9.17) is 19.6 Å². The highest BCUT2D eigenvalue weighted by Crippen LogP contribution is 2.48. The number of nitrogens with zero attached hydrogens (tertiary/aromatic N) is 2. The number of hydrogen-bond donors (Lipinski definition) is 1. The van der Waals surface area contributed by atoms with Gasteiger partial charge in [-0.2, -0.15) is 0 Å². The maximum atomic E-state index is 12.3. The molecular formula is C19H28N2O6. The average Bonchev–Trinajstić information content (AvgIpc) is 2.99. The number of likely N-dealkylation sites (tertiary alicyclic amines) is 1. The van der Waals surface area contributed by atoms with E-state index in [-0.39, 0.29) is 11.8 Å². The van der Waals surface area contributed by atoms with Gasteiger partial charge < -0.3 is 19.5 Å². The predicted octanol–water partition coefficient (Wildman–Crippen LogP) is 2.11. The number of nitro groups is 1. The van der Waals surface area contributed by atoms with Crippen molar-refractivity contribution in [1.29, 1.82) is 0 Å². The number of ether oxygens (including phenoxy) is 2. The van der Waals surface area contributed by atoms with Gasteiger partial charge in [-0.3, -0.25) is 14.9 Å². The second-order valence-corrected chi connectivity index (χ2v) is 7.25. The van der Waals surface area contributed by atoms with Crippen LogP contribution in [-0.2, 0) is 11.2 Å². The Bertz CT molecular complexity index is 691. The van der Waals surface area contributed by atoms with Crippen molar-refractivity contribution in [3.63, 3.8) is 0 Å². The van der Waals surface area contributed by atoms with Crippen LogP contribution in [0.2, 0.25) is 0 Å². The maximum Gasteiger partial charge on any atom is 0.225 e. The van der Waals surface area contributed by atoms with E-state index in [1.807, 2.05) is 18.2 Å². The molecule has 2 aliphatic rings. The standard InChI is InChI=1S/C18H25NO4.CH3NO2/c1-12-8-14-10-17(20)19(18(14,21)11-12)7-6-13-4-5-15(22-2)16(9-13)23-3;1-2(3)4/h4-5,9,12,14,21H,6-8,10-11H2,1-3H3;1H3. The van der Waals surface area contributed by atoms with Gasteiger partial charge in [-0.1, -0.05) is 13.0 Å². The topological polar surface area (TPSA) is 102 Å². The summed E-state index contributed by atoms with van der Waals surface area (Å²) in [5.74, 6) is 2.02. The Hall–Kier alpha value is -2.35. The summed E-state index contributed by atoms with van der Waals surface area (Å²) in [4.78, 5) is 22.3. The van der Waals surface area contributed by atoms with Crippen molar-refractivity contribution in [3.8, 4) is 11.5 Å². The summed E-state index contributed by atoms with van der Waals surface area (Å²) >= 11 is 0.